The molecule has 2 aliphatic heterocycles. The number of rotatable bonds is 3. The molecule has 138 valence electrons. The molecule has 2 heterocycles. The summed E-state index contributed by atoms with van der Waals surface area (Å²) in [6.07, 6.45) is -1.55. The number of hydrogen-bond donors (Lipinski definition) is 2. The van der Waals surface area contributed by atoms with Crippen LogP contribution in [0.3, 0.4) is 0 Å². The molecule has 2 aromatic rings. The molecule has 0 aliphatic carbocycles. The molecule has 6 heteroatoms. The lowest BCUT2D eigenvalue weighted by atomic mass is 9.77. The number of hydrogen-bond acceptors (Lipinski definition) is 6. The summed E-state index contributed by atoms with van der Waals surface area (Å²) >= 11 is 0. The molecule has 0 saturated carbocycles. The Morgan fingerprint density at radius 1 is 0.769 bits per heavy atom. The molecule has 26 heavy (non-hydrogen) atoms. The van der Waals surface area contributed by atoms with Gasteiger partial charge in [-0.25, -0.2) is 0 Å². The maximum Gasteiger partial charge on any atom is 0.125 e. The summed E-state index contributed by atoms with van der Waals surface area (Å²) in [4.78, 5) is 0. The van der Waals surface area contributed by atoms with Crippen molar-refractivity contribution in [2.45, 2.75) is 12.2 Å². The molecule has 0 saturated heterocycles. The fourth-order valence-electron chi connectivity index (χ4n) is 3.76. The monoisotopic (exact) mass is 358 g/mol. The molecule has 4 rings (SSSR count). The van der Waals surface area contributed by atoms with Crippen molar-refractivity contribution in [2.24, 2.45) is 11.8 Å². The normalized spacial score (nSPS) is 26.8. The molecule has 0 unspecified atom stereocenters. The molecule has 0 bridgehead atoms. The number of methoxy groups -OCH3 is 2. The molecule has 2 N–H and O–H groups in total. The Bertz CT molecular complexity index is 737. The lowest BCUT2D eigenvalue weighted by Gasteiger charge is -2.40. The minimum atomic E-state index is -0.774. The van der Waals surface area contributed by atoms with Crippen molar-refractivity contribution in [1.29, 1.82) is 0 Å². The zero-order chi connectivity index (χ0) is 18.3. The fraction of sp³-hybridized carbons (Fsp3) is 0.400. The van der Waals surface area contributed by atoms with E-state index >= 15 is 0 Å². The largest absolute Gasteiger partial charge is 0.497 e. The molecule has 2 aliphatic rings. The van der Waals surface area contributed by atoms with E-state index in [9.17, 15) is 10.2 Å². The molecule has 2 aromatic carbocycles. The van der Waals surface area contributed by atoms with Gasteiger partial charge in [0.25, 0.3) is 0 Å². The summed E-state index contributed by atoms with van der Waals surface area (Å²) in [5, 5.41) is 21.9. The van der Waals surface area contributed by atoms with Crippen LogP contribution in [0.15, 0.2) is 36.4 Å². The standard InChI is InChI=1S/C20H22O6/c1-23-11-3-5-17-13(7-11)19(21)15(9-25-17)16-10-26-18-6-4-12(24-2)8-14(18)20(16)22/h3-8,15-16,19-22H,9-10H2,1-2H3/t15-,16-,19-,20-/m0/s1. The molecule has 6 nitrogen and oxygen atoms in total. The van der Waals surface area contributed by atoms with Gasteiger partial charge in [0.2, 0.25) is 0 Å². The summed E-state index contributed by atoms with van der Waals surface area (Å²) < 4.78 is 22.2. The number of fused-ring (bicyclic) bond motifs is 2. The topological polar surface area (TPSA) is 77.4 Å². The van der Waals surface area contributed by atoms with E-state index in [0.717, 1.165) is 0 Å². The zero-order valence-electron chi connectivity index (χ0n) is 14.7. The number of ether oxygens (including phenoxy) is 4. The van der Waals surface area contributed by atoms with Gasteiger partial charge in [-0.1, -0.05) is 0 Å². The van der Waals surface area contributed by atoms with Crippen molar-refractivity contribution in [3.63, 3.8) is 0 Å². The van der Waals surface area contributed by atoms with E-state index in [1.807, 2.05) is 0 Å². The Labute approximate surface area is 151 Å². The second-order valence-corrected chi connectivity index (χ2v) is 6.65. The van der Waals surface area contributed by atoms with Crippen LogP contribution in [0.5, 0.6) is 23.0 Å². The van der Waals surface area contributed by atoms with E-state index in [4.69, 9.17) is 18.9 Å². The van der Waals surface area contributed by atoms with Crippen LogP contribution in [0.25, 0.3) is 0 Å². The van der Waals surface area contributed by atoms with Crippen molar-refractivity contribution < 1.29 is 29.2 Å². The molecule has 4 atom stereocenters. The van der Waals surface area contributed by atoms with Gasteiger partial charge in [0.05, 0.1) is 39.6 Å². The van der Waals surface area contributed by atoms with Crippen LogP contribution in [-0.2, 0) is 0 Å². The summed E-state index contributed by atoms with van der Waals surface area (Å²) in [6, 6.07) is 10.7. The first-order valence-electron chi connectivity index (χ1n) is 8.60. The van der Waals surface area contributed by atoms with Gasteiger partial charge in [-0.2, -0.15) is 0 Å². The number of benzene rings is 2. The van der Waals surface area contributed by atoms with E-state index in [1.54, 1.807) is 50.6 Å². The van der Waals surface area contributed by atoms with Gasteiger partial charge in [-0.15, -0.1) is 0 Å². The lowest BCUT2D eigenvalue weighted by molar-refractivity contribution is -0.0552. The second-order valence-electron chi connectivity index (χ2n) is 6.65. The Kier molecular flexibility index (Phi) is 4.38. The van der Waals surface area contributed by atoms with Crippen LogP contribution in [-0.4, -0.2) is 37.6 Å². The van der Waals surface area contributed by atoms with Crippen molar-refractivity contribution in [3.8, 4) is 23.0 Å². The molecule has 0 fully saturated rings. The molecular formula is C20H22O6. The third-order valence-electron chi connectivity index (χ3n) is 5.29. The highest BCUT2D eigenvalue weighted by Gasteiger charge is 2.42. The first-order valence-corrected chi connectivity index (χ1v) is 8.60. The van der Waals surface area contributed by atoms with Crippen LogP contribution >= 0.6 is 0 Å². The zero-order valence-corrected chi connectivity index (χ0v) is 14.7. The highest BCUT2D eigenvalue weighted by Crippen LogP contribution is 2.47. The summed E-state index contributed by atoms with van der Waals surface area (Å²) in [5.41, 5.74) is 1.34. The van der Waals surface area contributed by atoms with E-state index in [0.29, 0.717) is 47.3 Å². The van der Waals surface area contributed by atoms with Crippen molar-refractivity contribution >= 4 is 0 Å². The Hall–Kier alpha value is -2.44. The van der Waals surface area contributed by atoms with E-state index in [1.165, 1.54) is 0 Å². The molecular weight excluding hydrogens is 336 g/mol. The average molecular weight is 358 g/mol. The first-order chi connectivity index (χ1) is 12.6. The fourth-order valence-corrected chi connectivity index (χ4v) is 3.76. The number of aliphatic hydroxyl groups is 2. The van der Waals surface area contributed by atoms with Crippen LogP contribution in [0.1, 0.15) is 23.3 Å². The molecule has 0 spiro atoms. The maximum absolute atomic E-state index is 10.9. The summed E-state index contributed by atoms with van der Waals surface area (Å²) in [5.74, 6) is 1.99. The van der Waals surface area contributed by atoms with Crippen molar-refractivity contribution in [3.05, 3.63) is 47.5 Å². The number of aliphatic hydroxyl groups excluding tert-OH is 2. The SMILES string of the molecule is COc1ccc2c(c1)[C@H](O)[C@H]([C@@H]1COc3ccc(OC)cc3[C@@H]1O)CO2. The van der Waals surface area contributed by atoms with E-state index in [-0.39, 0.29) is 11.8 Å². The minimum absolute atomic E-state index is 0.302. The Morgan fingerprint density at radius 2 is 1.19 bits per heavy atom. The first kappa shape index (κ1) is 17.0. The Morgan fingerprint density at radius 3 is 1.58 bits per heavy atom. The van der Waals surface area contributed by atoms with E-state index < -0.39 is 12.2 Å². The van der Waals surface area contributed by atoms with Crippen LogP contribution < -0.4 is 18.9 Å². The predicted molar refractivity (Wildman–Crippen MR) is 93.9 cm³/mol. The van der Waals surface area contributed by atoms with Crippen molar-refractivity contribution in [2.75, 3.05) is 27.4 Å². The van der Waals surface area contributed by atoms with E-state index in [2.05, 4.69) is 0 Å². The Balaban J connectivity index is 1.63. The third-order valence-corrected chi connectivity index (χ3v) is 5.29. The van der Waals surface area contributed by atoms with Gasteiger partial charge in [-0.05, 0) is 36.4 Å². The highest BCUT2D eigenvalue weighted by molar-refractivity contribution is 5.45. The van der Waals surface area contributed by atoms with Crippen LogP contribution in [0, 0.1) is 11.8 Å². The summed E-state index contributed by atoms with van der Waals surface area (Å²) in [6.45, 7) is 0.621. The quantitative estimate of drug-likeness (QED) is 0.878. The second kappa shape index (κ2) is 6.70. The van der Waals surface area contributed by atoms with Gasteiger partial charge in [0, 0.05) is 23.0 Å². The van der Waals surface area contributed by atoms with Gasteiger partial charge in [0.15, 0.2) is 0 Å². The van der Waals surface area contributed by atoms with Crippen LogP contribution in [0.2, 0.25) is 0 Å². The van der Waals surface area contributed by atoms with Crippen molar-refractivity contribution in [1.82, 2.24) is 0 Å². The summed E-state index contributed by atoms with van der Waals surface area (Å²) in [7, 11) is 3.16. The maximum atomic E-state index is 10.9. The third kappa shape index (κ3) is 2.75. The van der Waals surface area contributed by atoms with Gasteiger partial charge in [-0.3, -0.25) is 0 Å². The van der Waals surface area contributed by atoms with Gasteiger partial charge < -0.3 is 29.2 Å². The van der Waals surface area contributed by atoms with Gasteiger partial charge in [0.1, 0.15) is 23.0 Å². The average Bonchev–Trinajstić information content (AvgIpc) is 2.69. The lowest BCUT2D eigenvalue weighted by Crippen LogP contribution is -2.40. The molecule has 0 amide bonds. The minimum Gasteiger partial charge on any atom is -0.497 e. The van der Waals surface area contributed by atoms with Gasteiger partial charge >= 0.3 is 0 Å². The molecule has 0 radical (unpaired) electrons. The highest BCUT2D eigenvalue weighted by atomic mass is 16.5. The smallest absolute Gasteiger partial charge is 0.125 e. The predicted octanol–water partition coefficient (Wildman–Crippen LogP) is 2.49. The molecule has 0 aromatic heterocycles. The van der Waals surface area contributed by atoms with Crippen LogP contribution in [0.4, 0.5) is 0 Å².